The number of fused-ring (bicyclic) bond motifs is 6. The van der Waals surface area contributed by atoms with Crippen LogP contribution in [0.25, 0.3) is 55.6 Å². The first kappa shape index (κ1) is 36.1. The predicted molar refractivity (Wildman–Crippen MR) is 210 cm³/mol. The molecule has 0 spiro atoms. The van der Waals surface area contributed by atoms with Crippen LogP contribution in [0, 0.1) is 35.7 Å². The Morgan fingerprint density at radius 1 is 0.769 bits per heavy atom. The third kappa shape index (κ3) is 7.76. The summed E-state index contributed by atoms with van der Waals surface area (Å²) in [6, 6.07) is 40.5. The maximum absolute atomic E-state index is 15.0. The van der Waals surface area contributed by atoms with Crippen molar-refractivity contribution in [2.24, 2.45) is 17.8 Å². The van der Waals surface area contributed by atoms with Gasteiger partial charge in [-0.1, -0.05) is 104 Å². The Morgan fingerprint density at radius 2 is 1.58 bits per heavy atom. The van der Waals surface area contributed by atoms with Gasteiger partial charge in [0.1, 0.15) is 0 Å². The number of rotatable bonds is 6. The van der Waals surface area contributed by atoms with Gasteiger partial charge in [0.25, 0.3) is 0 Å². The number of hydrogen-bond acceptors (Lipinski definition) is 3. The van der Waals surface area contributed by atoms with E-state index in [1.807, 2.05) is 85.2 Å². The van der Waals surface area contributed by atoms with Gasteiger partial charge >= 0.3 is 0 Å². The summed E-state index contributed by atoms with van der Waals surface area (Å²) in [5.41, 5.74) is 7.97. The second kappa shape index (κ2) is 15.4. The van der Waals surface area contributed by atoms with Crippen molar-refractivity contribution in [3.8, 4) is 33.6 Å². The number of nitrogens with zero attached hydrogens (tertiary/aromatic N) is 2. The molecule has 3 nitrogen and oxygen atoms in total. The van der Waals surface area contributed by atoms with E-state index in [1.165, 1.54) is 42.9 Å². The van der Waals surface area contributed by atoms with E-state index >= 15 is 4.39 Å². The third-order valence-corrected chi connectivity index (χ3v) is 13.0. The molecular weight excluding hydrogens is 836 g/mol. The van der Waals surface area contributed by atoms with Gasteiger partial charge in [-0.2, -0.15) is 0 Å². The molecule has 1 atom stereocenters. The first-order valence-electron chi connectivity index (χ1n) is 18.3. The Bertz CT molecular complexity index is 2270. The van der Waals surface area contributed by atoms with Crippen molar-refractivity contribution in [3.63, 3.8) is 0 Å². The first-order valence-corrected chi connectivity index (χ1v) is 21.8. The van der Waals surface area contributed by atoms with Crippen LogP contribution in [0.3, 0.4) is 0 Å². The minimum atomic E-state index is -1.23. The van der Waals surface area contributed by atoms with E-state index in [-0.39, 0.29) is 25.9 Å². The summed E-state index contributed by atoms with van der Waals surface area (Å²) >= 11 is 0. The zero-order valence-electron chi connectivity index (χ0n) is 30.0. The number of hydrogen-bond donors (Lipinski definition) is 0. The van der Waals surface area contributed by atoms with E-state index in [9.17, 15) is 0 Å². The molecule has 4 aromatic carbocycles. The smallest absolute Gasteiger partial charge is 0.166 e. The van der Waals surface area contributed by atoms with Crippen LogP contribution in [0.15, 0.2) is 120 Å². The minimum Gasteiger partial charge on any atom is -0.473 e. The Hall–Kier alpha value is -4.22. The van der Waals surface area contributed by atoms with Gasteiger partial charge in [-0.25, -0.2) is 4.39 Å². The molecule has 0 saturated heterocycles. The molecule has 0 amide bonds. The zero-order chi connectivity index (χ0) is 35.0. The normalized spacial score (nSPS) is 18.1. The molecule has 3 aromatic heterocycles. The van der Waals surface area contributed by atoms with E-state index in [1.54, 1.807) is 6.07 Å². The van der Waals surface area contributed by atoms with Crippen molar-refractivity contribution < 1.29 is 28.9 Å². The van der Waals surface area contributed by atoms with Gasteiger partial charge in [0, 0.05) is 32.5 Å². The molecule has 2 bridgehead atoms. The van der Waals surface area contributed by atoms with Gasteiger partial charge in [0.2, 0.25) is 0 Å². The van der Waals surface area contributed by atoms with Crippen LogP contribution in [0.2, 0.25) is 19.6 Å². The van der Waals surface area contributed by atoms with Crippen LogP contribution in [0.4, 0.5) is 4.39 Å². The van der Waals surface area contributed by atoms with Gasteiger partial charge in [0.05, 0.1) is 13.7 Å². The zero-order valence-corrected chi connectivity index (χ0v) is 33.4. The quantitative estimate of drug-likeness (QED) is 0.123. The molecule has 7 aromatic rings. The van der Waals surface area contributed by atoms with Crippen molar-refractivity contribution in [2.45, 2.75) is 58.2 Å². The van der Waals surface area contributed by atoms with E-state index in [4.69, 9.17) is 4.42 Å². The summed E-state index contributed by atoms with van der Waals surface area (Å²) in [6.45, 7) is 7.00. The summed E-state index contributed by atoms with van der Waals surface area (Å²) in [5.74, 6) is 2.30. The van der Waals surface area contributed by atoms with E-state index < -0.39 is 8.07 Å². The molecule has 52 heavy (non-hydrogen) atoms. The monoisotopic (exact) mass is 879 g/mol. The van der Waals surface area contributed by atoms with Crippen LogP contribution in [0.1, 0.15) is 37.7 Å². The number of benzene rings is 4. The van der Waals surface area contributed by atoms with Crippen LogP contribution < -0.4 is 5.19 Å². The average molecular weight is 879 g/mol. The summed E-state index contributed by atoms with van der Waals surface area (Å²) in [6.07, 6.45) is 12.1. The van der Waals surface area contributed by atoms with E-state index in [2.05, 4.69) is 66.0 Å². The summed E-state index contributed by atoms with van der Waals surface area (Å²) < 4.78 is 21.0. The molecule has 10 rings (SSSR count). The fraction of sp³-hybridized carbons (Fsp3) is 0.261. The van der Waals surface area contributed by atoms with Crippen LogP contribution in [-0.4, -0.2) is 18.0 Å². The fourth-order valence-corrected chi connectivity index (χ4v) is 9.12. The summed E-state index contributed by atoms with van der Waals surface area (Å²) in [4.78, 5) is 9.15. The Balaban J connectivity index is 0.000000209. The standard InChI is InChI=1S/C32H27FNO.C14H16NSi.Ir/c33-29-18-26(22-4-2-1-3-5-22)17-28-27-11-10-24(19-31(27)35-32(28)29)30-16-21(12-13-34-30)15-25-14-20-6-8-23(25)9-7-20;1-16(2,3)13-9-10-14(15-11-13)12-7-5-4-6-8-12;/h1-5,11-13,16-20,23,25H,6-9,14-15H2;4-7,9-11H,1-3H3;/q2*-1;. The number of halogens is 1. The van der Waals surface area contributed by atoms with Crippen molar-refractivity contribution in [1.82, 2.24) is 9.97 Å². The fourth-order valence-electron chi connectivity index (χ4n) is 8.09. The van der Waals surface area contributed by atoms with Gasteiger partial charge in [-0.3, -0.25) is 0 Å². The van der Waals surface area contributed by atoms with Gasteiger partial charge in [-0.05, 0) is 88.7 Å². The number of pyridine rings is 2. The van der Waals surface area contributed by atoms with E-state index in [0.29, 0.717) is 11.2 Å². The van der Waals surface area contributed by atoms with Crippen molar-refractivity contribution >= 4 is 35.2 Å². The maximum atomic E-state index is 15.0. The van der Waals surface area contributed by atoms with Gasteiger partial charge in [0.15, 0.2) is 11.4 Å². The molecule has 6 heteroatoms. The summed E-state index contributed by atoms with van der Waals surface area (Å²) in [5, 5.41) is 3.04. The molecule has 1 radical (unpaired) electrons. The molecular formula is C46H43FIrN2OSi-2. The van der Waals surface area contributed by atoms with Crippen molar-refractivity contribution in [2.75, 3.05) is 0 Å². The molecule has 0 N–H and O–H groups in total. The van der Waals surface area contributed by atoms with Crippen LogP contribution in [0.5, 0.6) is 0 Å². The second-order valence-electron chi connectivity index (χ2n) is 15.4. The van der Waals surface area contributed by atoms with Crippen molar-refractivity contribution in [3.05, 3.63) is 139 Å². The Labute approximate surface area is 321 Å². The second-order valence-corrected chi connectivity index (χ2v) is 20.5. The average Bonchev–Trinajstić information content (AvgIpc) is 3.55. The third-order valence-electron chi connectivity index (χ3n) is 11.0. The predicted octanol–water partition coefficient (Wildman–Crippen LogP) is 11.7. The largest absolute Gasteiger partial charge is 0.473 e. The topological polar surface area (TPSA) is 38.9 Å². The molecule has 1 unspecified atom stereocenters. The van der Waals surface area contributed by atoms with Crippen molar-refractivity contribution in [1.29, 1.82) is 0 Å². The molecule has 3 saturated carbocycles. The molecule has 3 heterocycles. The van der Waals surface area contributed by atoms with Gasteiger partial charge < -0.3 is 14.4 Å². The minimum absolute atomic E-state index is 0. The van der Waals surface area contributed by atoms with Crippen LogP contribution in [-0.2, 0) is 26.5 Å². The molecule has 265 valence electrons. The van der Waals surface area contributed by atoms with Crippen LogP contribution >= 0.6 is 0 Å². The molecule has 3 aliphatic carbocycles. The SMILES string of the molecule is C[Si](C)(C)c1ccc(-c2[c-]cccc2)nc1.Fc1cc(-c2ccccc2)cc2c1oc1cc(-c3cc(CC4CC5CCC4CC5)ccn3)[c-]cc12.[Ir]. The Kier molecular flexibility index (Phi) is 10.7. The van der Waals surface area contributed by atoms with Gasteiger partial charge in [-0.15, -0.1) is 53.6 Å². The maximum Gasteiger partial charge on any atom is 0.166 e. The Morgan fingerprint density at radius 3 is 2.27 bits per heavy atom. The number of furan rings is 1. The summed E-state index contributed by atoms with van der Waals surface area (Å²) in [7, 11) is -1.23. The first-order chi connectivity index (χ1) is 24.8. The molecule has 3 aliphatic rings. The number of aromatic nitrogens is 2. The van der Waals surface area contributed by atoms with E-state index in [0.717, 1.165) is 68.6 Å². The molecule has 3 fully saturated rings. The molecule has 0 aliphatic heterocycles.